The molecule has 0 atom stereocenters. The fraction of sp³-hybridized carbons (Fsp3) is 0.375. The van der Waals surface area contributed by atoms with Crippen molar-refractivity contribution in [3.05, 3.63) is 53.6 Å². The molecule has 3 aromatic rings. The van der Waals surface area contributed by atoms with Crippen LogP contribution in [0, 0.1) is 5.92 Å². The Morgan fingerprint density at radius 2 is 1.88 bits per heavy atom. The number of nitrogens with zero attached hydrogens (tertiary/aromatic N) is 4. The predicted molar refractivity (Wildman–Crippen MR) is 129 cm³/mol. The third-order valence-electron chi connectivity index (χ3n) is 5.41. The number of hydrogen-bond donors (Lipinski definition) is 0. The van der Waals surface area contributed by atoms with E-state index in [9.17, 15) is 4.79 Å². The number of benzene rings is 2. The fourth-order valence-corrected chi connectivity index (χ4v) is 4.51. The minimum atomic E-state index is 0.153. The van der Waals surface area contributed by atoms with E-state index >= 15 is 0 Å². The Hall–Kier alpha value is -2.51. The maximum atomic E-state index is 12.9. The van der Waals surface area contributed by atoms with Gasteiger partial charge in [-0.15, -0.1) is 10.2 Å². The van der Waals surface area contributed by atoms with Crippen molar-refractivity contribution in [3.8, 4) is 22.8 Å². The molecule has 0 saturated heterocycles. The van der Waals surface area contributed by atoms with E-state index in [2.05, 4.69) is 17.1 Å². The molecule has 0 N–H and O–H groups in total. The van der Waals surface area contributed by atoms with Gasteiger partial charge in [0.2, 0.25) is 5.91 Å². The molecule has 1 amide bonds. The zero-order chi connectivity index (χ0) is 22.5. The van der Waals surface area contributed by atoms with Crippen LogP contribution in [0.3, 0.4) is 0 Å². The van der Waals surface area contributed by atoms with Crippen molar-refractivity contribution >= 4 is 29.3 Å². The first-order valence-corrected chi connectivity index (χ1v) is 12.2. The average Bonchev–Trinajstić information content (AvgIpc) is 3.54. The molecule has 4 rings (SSSR count). The van der Waals surface area contributed by atoms with E-state index in [0.717, 1.165) is 36.5 Å². The zero-order valence-corrected chi connectivity index (χ0v) is 19.9. The lowest BCUT2D eigenvalue weighted by Gasteiger charge is -2.21. The van der Waals surface area contributed by atoms with Crippen molar-refractivity contribution in [1.82, 2.24) is 19.7 Å². The Balaban J connectivity index is 1.60. The summed E-state index contributed by atoms with van der Waals surface area (Å²) in [4.78, 5) is 14.9. The van der Waals surface area contributed by atoms with Crippen molar-refractivity contribution in [3.63, 3.8) is 0 Å². The van der Waals surface area contributed by atoms with Crippen LogP contribution < -0.4 is 4.74 Å². The molecule has 0 spiro atoms. The number of amides is 1. The summed E-state index contributed by atoms with van der Waals surface area (Å²) in [6, 6.07) is 15.2. The maximum absolute atomic E-state index is 12.9. The van der Waals surface area contributed by atoms with Crippen LogP contribution in [-0.2, 0) is 4.79 Å². The highest BCUT2D eigenvalue weighted by Crippen LogP contribution is 2.31. The summed E-state index contributed by atoms with van der Waals surface area (Å²) in [6.07, 6.45) is 3.43. The summed E-state index contributed by atoms with van der Waals surface area (Å²) >= 11 is 7.53. The van der Waals surface area contributed by atoms with E-state index in [1.165, 1.54) is 24.6 Å². The Bertz CT molecular complexity index is 1050. The molecule has 0 bridgehead atoms. The van der Waals surface area contributed by atoms with Crippen LogP contribution in [0.15, 0.2) is 53.7 Å². The second-order valence-electron chi connectivity index (χ2n) is 7.92. The lowest BCUT2D eigenvalue weighted by Crippen LogP contribution is -2.35. The molecular formula is C24H27ClN4O2S. The van der Waals surface area contributed by atoms with Gasteiger partial charge in [0.25, 0.3) is 0 Å². The van der Waals surface area contributed by atoms with Crippen LogP contribution in [0.25, 0.3) is 17.1 Å². The highest BCUT2D eigenvalue weighted by molar-refractivity contribution is 7.99. The molecule has 1 saturated carbocycles. The van der Waals surface area contributed by atoms with E-state index < -0.39 is 0 Å². The molecule has 1 aliphatic rings. The van der Waals surface area contributed by atoms with Gasteiger partial charge in [0, 0.05) is 29.4 Å². The van der Waals surface area contributed by atoms with E-state index in [1.54, 1.807) is 7.11 Å². The topological polar surface area (TPSA) is 60.3 Å². The van der Waals surface area contributed by atoms with Gasteiger partial charge in [-0.2, -0.15) is 0 Å². The summed E-state index contributed by atoms with van der Waals surface area (Å²) in [7, 11) is 1.64. The monoisotopic (exact) mass is 470 g/mol. The van der Waals surface area contributed by atoms with Crippen molar-refractivity contribution in [1.29, 1.82) is 0 Å². The minimum absolute atomic E-state index is 0.153. The molecule has 168 valence electrons. The van der Waals surface area contributed by atoms with Crippen molar-refractivity contribution in [2.45, 2.75) is 31.3 Å². The highest BCUT2D eigenvalue weighted by Gasteiger charge is 2.27. The molecule has 8 heteroatoms. The molecule has 32 heavy (non-hydrogen) atoms. The maximum Gasteiger partial charge on any atom is 0.233 e. The Kier molecular flexibility index (Phi) is 7.37. The van der Waals surface area contributed by atoms with Crippen LogP contribution in [0.2, 0.25) is 5.02 Å². The summed E-state index contributed by atoms with van der Waals surface area (Å²) in [5.41, 5.74) is 1.80. The van der Waals surface area contributed by atoms with Gasteiger partial charge < -0.3 is 9.64 Å². The van der Waals surface area contributed by atoms with E-state index in [-0.39, 0.29) is 5.91 Å². The standard InChI is InChI=1S/C24H27ClN4O2S/c1-3-14-28(15-17-4-5-17)22(30)16-32-24-27-26-23(18-6-12-21(31-2)13-7-18)29(24)20-10-8-19(25)9-11-20/h6-13,17H,3-5,14-16H2,1-2H3. The molecule has 1 aromatic heterocycles. The summed E-state index contributed by atoms with van der Waals surface area (Å²) in [5, 5.41) is 10.2. The van der Waals surface area contributed by atoms with Crippen molar-refractivity contribution in [2.75, 3.05) is 26.0 Å². The van der Waals surface area contributed by atoms with Gasteiger partial charge in [-0.3, -0.25) is 9.36 Å². The first-order valence-electron chi connectivity index (χ1n) is 10.9. The Morgan fingerprint density at radius 3 is 2.50 bits per heavy atom. The summed E-state index contributed by atoms with van der Waals surface area (Å²) < 4.78 is 7.25. The van der Waals surface area contributed by atoms with E-state index in [4.69, 9.17) is 16.3 Å². The van der Waals surface area contributed by atoms with Gasteiger partial charge in [0.15, 0.2) is 11.0 Å². The third kappa shape index (κ3) is 5.45. The minimum Gasteiger partial charge on any atom is -0.497 e. The second-order valence-corrected chi connectivity index (χ2v) is 9.30. The van der Waals surface area contributed by atoms with Crippen molar-refractivity contribution < 1.29 is 9.53 Å². The fourth-order valence-electron chi connectivity index (χ4n) is 3.53. The average molecular weight is 471 g/mol. The number of methoxy groups -OCH3 is 1. The zero-order valence-electron chi connectivity index (χ0n) is 18.3. The largest absolute Gasteiger partial charge is 0.497 e. The lowest BCUT2D eigenvalue weighted by atomic mass is 10.2. The second kappa shape index (κ2) is 10.4. The Morgan fingerprint density at radius 1 is 1.16 bits per heavy atom. The van der Waals surface area contributed by atoms with Gasteiger partial charge in [-0.1, -0.05) is 30.3 Å². The van der Waals surface area contributed by atoms with Crippen molar-refractivity contribution in [2.24, 2.45) is 5.92 Å². The molecule has 0 aliphatic heterocycles. The van der Waals surface area contributed by atoms with Crippen LogP contribution in [0.4, 0.5) is 0 Å². The van der Waals surface area contributed by atoms with E-state index in [1.807, 2.05) is 58.0 Å². The number of hydrogen-bond acceptors (Lipinski definition) is 5. The number of aromatic nitrogens is 3. The third-order valence-corrected chi connectivity index (χ3v) is 6.58. The molecule has 1 fully saturated rings. The van der Waals surface area contributed by atoms with Crippen LogP contribution in [0.5, 0.6) is 5.75 Å². The number of carbonyl (C=O) groups is 1. The normalized spacial score (nSPS) is 13.2. The SMILES string of the molecule is CCCN(CC1CC1)C(=O)CSc1nnc(-c2ccc(OC)cc2)n1-c1ccc(Cl)cc1. The molecule has 1 heterocycles. The van der Waals surface area contributed by atoms with Gasteiger partial charge in [0.1, 0.15) is 5.75 Å². The first-order chi connectivity index (χ1) is 15.6. The van der Waals surface area contributed by atoms with Gasteiger partial charge in [0.05, 0.1) is 12.9 Å². The van der Waals surface area contributed by atoms with Gasteiger partial charge in [-0.05, 0) is 73.7 Å². The van der Waals surface area contributed by atoms with Crippen LogP contribution in [0.1, 0.15) is 26.2 Å². The first kappa shape index (κ1) is 22.7. The number of carbonyl (C=O) groups excluding carboxylic acids is 1. The molecule has 0 radical (unpaired) electrons. The Labute approximate surface area is 197 Å². The molecule has 1 aliphatic carbocycles. The quantitative estimate of drug-likeness (QED) is 0.374. The molecule has 2 aromatic carbocycles. The lowest BCUT2D eigenvalue weighted by molar-refractivity contribution is -0.128. The summed E-state index contributed by atoms with van der Waals surface area (Å²) in [6.45, 7) is 3.78. The number of thioether (sulfide) groups is 1. The van der Waals surface area contributed by atoms with Crippen LogP contribution >= 0.6 is 23.4 Å². The summed E-state index contributed by atoms with van der Waals surface area (Å²) in [5.74, 6) is 2.64. The van der Waals surface area contributed by atoms with Gasteiger partial charge >= 0.3 is 0 Å². The van der Waals surface area contributed by atoms with Crippen LogP contribution in [-0.4, -0.2) is 51.5 Å². The van der Waals surface area contributed by atoms with E-state index in [0.29, 0.717) is 27.7 Å². The highest BCUT2D eigenvalue weighted by atomic mass is 35.5. The molecular weight excluding hydrogens is 444 g/mol. The number of ether oxygens (including phenoxy) is 1. The molecule has 6 nitrogen and oxygen atoms in total. The smallest absolute Gasteiger partial charge is 0.233 e. The van der Waals surface area contributed by atoms with Gasteiger partial charge in [-0.25, -0.2) is 0 Å². The number of rotatable bonds is 10. The number of halogens is 1. The molecule has 0 unspecified atom stereocenters. The predicted octanol–water partition coefficient (Wildman–Crippen LogP) is 5.34.